The van der Waals surface area contributed by atoms with Crippen molar-refractivity contribution in [1.82, 2.24) is 9.97 Å². The first-order valence-corrected chi connectivity index (χ1v) is 7.54. The van der Waals surface area contributed by atoms with E-state index in [9.17, 15) is 0 Å². The largest absolute Gasteiger partial charge is 0.497 e. The van der Waals surface area contributed by atoms with Gasteiger partial charge in [0.1, 0.15) is 11.6 Å². The SMILES string of the molecule is COc1ccc(-c2ccccc2-c2nc3ccccc3[nH]2)cc1. The van der Waals surface area contributed by atoms with E-state index in [0.29, 0.717) is 0 Å². The number of benzene rings is 3. The van der Waals surface area contributed by atoms with Gasteiger partial charge < -0.3 is 9.72 Å². The molecule has 0 saturated heterocycles. The molecule has 0 aliphatic rings. The Hall–Kier alpha value is -3.07. The molecule has 0 spiro atoms. The first-order chi connectivity index (χ1) is 11.3. The van der Waals surface area contributed by atoms with Gasteiger partial charge in [-0.2, -0.15) is 0 Å². The number of fused-ring (bicyclic) bond motifs is 1. The molecule has 0 aliphatic carbocycles. The van der Waals surface area contributed by atoms with Crippen molar-refractivity contribution in [2.24, 2.45) is 0 Å². The van der Waals surface area contributed by atoms with Crippen LogP contribution in [-0.4, -0.2) is 17.1 Å². The van der Waals surface area contributed by atoms with E-state index in [1.54, 1.807) is 7.11 Å². The molecule has 0 fully saturated rings. The van der Waals surface area contributed by atoms with Gasteiger partial charge >= 0.3 is 0 Å². The van der Waals surface area contributed by atoms with Gasteiger partial charge in [-0.25, -0.2) is 4.98 Å². The second-order valence-corrected chi connectivity index (χ2v) is 5.38. The molecule has 1 N–H and O–H groups in total. The van der Waals surface area contributed by atoms with Crippen LogP contribution in [0.2, 0.25) is 0 Å². The van der Waals surface area contributed by atoms with Crippen LogP contribution in [0.4, 0.5) is 0 Å². The lowest BCUT2D eigenvalue weighted by molar-refractivity contribution is 0.415. The number of para-hydroxylation sites is 2. The number of H-pyrrole nitrogens is 1. The van der Waals surface area contributed by atoms with Crippen molar-refractivity contribution in [3.8, 4) is 28.3 Å². The summed E-state index contributed by atoms with van der Waals surface area (Å²) < 4.78 is 5.24. The summed E-state index contributed by atoms with van der Waals surface area (Å²) in [5.41, 5.74) is 5.41. The second kappa shape index (κ2) is 5.61. The van der Waals surface area contributed by atoms with Crippen LogP contribution in [0, 0.1) is 0 Å². The van der Waals surface area contributed by atoms with E-state index in [0.717, 1.165) is 39.3 Å². The highest BCUT2D eigenvalue weighted by molar-refractivity contribution is 5.85. The fraction of sp³-hybridized carbons (Fsp3) is 0.0500. The van der Waals surface area contributed by atoms with Crippen molar-refractivity contribution < 1.29 is 4.74 Å². The van der Waals surface area contributed by atoms with E-state index in [2.05, 4.69) is 29.2 Å². The van der Waals surface area contributed by atoms with Crippen LogP contribution >= 0.6 is 0 Å². The zero-order chi connectivity index (χ0) is 15.6. The van der Waals surface area contributed by atoms with Crippen molar-refractivity contribution in [2.75, 3.05) is 7.11 Å². The highest BCUT2D eigenvalue weighted by atomic mass is 16.5. The summed E-state index contributed by atoms with van der Waals surface area (Å²) in [6, 6.07) is 24.5. The Kier molecular flexibility index (Phi) is 3.31. The molecule has 0 bridgehead atoms. The van der Waals surface area contributed by atoms with Crippen molar-refractivity contribution in [3.63, 3.8) is 0 Å². The quantitative estimate of drug-likeness (QED) is 0.584. The van der Waals surface area contributed by atoms with Crippen LogP contribution in [0.15, 0.2) is 72.8 Å². The van der Waals surface area contributed by atoms with Crippen molar-refractivity contribution >= 4 is 11.0 Å². The van der Waals surface area contributed by atoms with Crippen molar-refractivity contribution in [3.05, 3.63) is 72.8 Å². The minimum Gasteiger partial charge on any atom is -0.497 e. The Morgan fingerprint density at radius 2 is 1.48 bits per heavy atom. The van der Waals surface area contributed by atoms with E-state index in [-0.39, 0.29) is 0 Å². The molecule has 0 unspecified atom stereocenters. The van der Waals surface area contributed by atoms with Crippen molar-refractivity contribution in [2.45, 2.75) is 0 Å². The molecular formula is C20H16N2O. The maximum Gasteiger partial charge on any atom is 0.139 e. The van der Waals surface area contributed by atoms with Gasteiger partial charge in [-0.3, -0.25) is 0 Å². The Morgan fingerprint density at radius 1 is 0.783 bits per heavy atom. The number of hydrogen-bond donors (Lipinski definition) is 1. The monoisotopic (exact) mass is 300 g/mol. The van der Waals surface area contributed by atoms with E-state index in [1.807, 2.05) is 48.5 Å². The maximum atomic E-state index is 5.24. The van der Waals surface area contributed by atoms with Gasteiger partial charge in [-0.05, 0) is 35.4 Å². The average molecular weight is 300 g/mol. The number of rotatable bonds is 3. The molecule has 3 heteroatoms. The highest BCUT2D eigenvalue weighted by Crippen LogP contribution is 2.32. The molecular weight excluding hydrogens is 284 g/mol. The number of nitrogens with zero attached hydrogens (tertiary/aromatic N) is 1. The minimum absolute atomic E-state index is 0.856. The average Bonchev–Trinajstić information content (AvgIpc) is 3.06. The van der Waals surface area contributed by atoms with Gasteiger partial charge in [-0.1, -0.05) is 48.5 Å². The van der Waals surface area contributed by atoms with Crippen LogP contribution in [-0.2, 0) is 0 Å². The lowest BCUT2D eigenvalue weighted by atomic mass is 9.99. The zero-order valence-corrected chi connectivity index (χ0v) is 12.8. The summed E-state index contributed by atoms with van der Waals surface area (Å²) in [4.78, 5) is 8.13. The topological polar surface area (TPSA) is 37.9 Å². The van der Waals surface area contributed by atoms with Crippen LogP contribution < -0.4 is 4.74 Å². The highest BCUT2D eigenvalue weighted by Gasteiger charge is 2.10. The lowest BCUT2D eigenvalue weighted by Gasteiger charge is -2.08. The van der Waals surface area contributed by atoms with Crippen LogP contribution in [0.25, 0.3) is 33.5 Å². The van der Waals surface area contributed by atoms with Gasteiger partial charge in [-0.15, -0.1) is 0 Å². The molecule has 4 aromatic rings. The van der Waals surface area contributed by atoms with E-state index in [1.165, 1.54) is 0 Å². The van der Waals surface area contributed by atoms with Gasteiger partial charge in [0, 0.05) is 5.56 Å². The van der Waals surface area contributed by atoms with E-state index < -0.39 is 0 Å². The number of aromatic nitrogens is 2. The Balaban J connectivity index is 1.85. The Bertz CT molecular complexity index is 922. The molecule has 0 saturated carbocycles. The normalized spacial score (nSPS) is 10.8. The zero-order valence-electron chi connectivity index (χ0n) is 12.8. The molecule has 0 radical (unpaired) electrons. The first-order valence-electron chi connectivity index (χ1n) is 7.54. The third kappa shape index (κ3) is 2.46. The molecule has 112 valence electrons. The fourth-order valence-electron chi connectivity index (χ4n) is 2.79. The second-order valence-electron chi connectivity index (χ2n) is 5.38. The molecule has 0 atom stereocenters. The number of nitrogens with one attached hydrogen (secondary N) is 1. The third-order valence-electron chi connectivity index (χ3n) is 3.97. The summed E-state index contributed by atoms with van der Waals surface area (Å²) in [5.74, 6) is 1.74. The van der Waals surface area contributed by atoms with Crippen LogP contribution in [0.3, 0.4) is 0 Å². The number of aromatic amines is 1. The molecule has 1 heterocycles. The maximum absolute atomic E-state index is 5.24. The summed E-state index contributed by atoms with van der Waals surface area (Å²) >= 11 is 0. The molecule has 0 amide bonds. The predicted molar refractivity (Wildman–Crippen MR) is 93.5 cm³/mol. The Labute approximate surface area is 134 Å². The van der Waals surface area contributed by atoms with Gasteiger partial charge in [0.25, 0.3) is 0 Å². The number of hydrogen-bond acceptors (Lipinski definition) is 2. The molecule has 23 heavy (non-hydrogen) atoms. The van der Waals surface area contributed by atoms with Gasteiger partial charge in [0.2, 0.25) is 0 Å². The standard InChI is InChI=1S/C20H16N2O/c1-23-15-12-10-14(11-13-15)16-6-2-3-7-17(16)20-21-18-8-4-5-9-19(18)22-20/h2-13H,1H3,(H,21,22). The molecule has 1 aromatic heterocycles. The molecule has 3 aromatic carbocycles. The van der Waals surface area contributed by atoms with Crippen LogP contribution in [0.5, 0.6) is 5.75 Å². The van der Waals surface area contributed by atoms with Crippen molar-refractivity contribution in [1.29, 1.82) is 0 Å². The lowest BCUT2D eigenvalue weighted by Crippen LogP contribution is -1.87. The minimum atomic E-state index is 0.856. The molecule has 0 aliphatic heterocycles. The predicted octanol–water partition coefficient (Wildman–Crippen LogP) is 4.91. The number of methoxy groups -OCH3 is 1. The first kappa shape index (κ1) is 13.6. The third-order valence-corrected chi connectivity index (χ3v) is 3.97. The summed E-state index contributed by atoms with van der Waals surface area (Å²) in [6.45, 7) is 0. The summed E-state index contributed by atoms with van der Waals surface area (Å²) in [5, 5.41) is 0. The fourth-order valence-corrected chi connectivity index (χ4v) is 2.79. The number of ether oxygens (including phenoxy) is 1. The van der Waals surface area contributed by atoms with E-state index >= 15 is 0 Å². The van der Waals surface area contributed by atoms with Gasteiger partial charge in [0.05, 0.1) is 18.1 Å². The number of imidazole rings is 1. The molecule has 4 rings (SSSR count). The van der Waals surface area contributed by atoms with Gasteiger partial charge in [0.15, 0.2) is 0 Å². The van der Waals surface area contributed by atoms with E-state index in [4.69, 9.17) is 9.72 Å². The molecule has 3 nitrogen and oxygen atoms in total. The Morgan fingerprint density at radius 3 is 2.22 bits per heavy atom. The smallest absolute Gasteiger partial charge is 0.139 e. The summed E-state index contributed by atoms with van der Waals surface area (Å²) in [6.07, 6.45) is 0. The summed E-state index contributed by atoms with van der Waals surface area (Å²) in [7, 11) is 1.68. The van der Waals surface area contributed by atoms with Crippen LogP contribution in [0.1, 0.15) is 0 Å².